The Morgan fingerprint density at radius 1 is 1.53 bits per heavy atom. The zero-order valence-electron chi connectivity index (χ0n) is 8.48. The first-order valence-corrected chi connectivity index (χ1v) is 4.99. The van der Waals surface area contributed by atoms with E-state index in [2.05, 4.69) is 10.3 Å². The molecule has 1 aromatic heterocycles. The lowest BCUT2D eigenvalue weighted by Crippen LogP contribution is -2.34. The summed E-state index contributed by atoms with van der Waals surface area (Å²) in [5.41, 5.74) is 6.33. The molecule has 5 nitrogen and oxygen atoms in total. The molecule has 2 heterocycles. The number of nitrogens with zero attached hydrogens (tertiary/aromatic N) is 1. The zero-order valence-corrected chi connectivity index (χ0v) is 8.48. The minimum Gasteiger partial charge on any atom is -0.399 e. The molecule has 0 saturated carbocycles. The van der Waals surface area contributed by atoms with Gasteiger partial charge in [-0.2, -0.15) is 0 Å². The largest absolute Gasteiger partial charge is 0.399 e. The molecule has 1 unspecified atom stereocenters. The fourth-order valence-electron chi connectivity index (χ4n) is 1.42. The third kappa shape index (κ3) is 3.07. The third-order valence-corrected chi connectivity index (χ3v) is 2.18. The van der Waals surface area contributed by atoms with Gasteiger partial charge in [0.05, 0.1) is 25.9 Å². The first-order chi connectivity index (χ1) is 7.34. The zero-order chi connectivity index (χ0) is 10.5. The quantitative estimate of drug-likeness (QED) is 0.758. The smallest absolute Gasteiger partial charge is 0.128 e. The number of nitrogens with two attached hydrogens (primary N) is 1. The maximum atomic E-state index is 5.63. The summed E-state index contributed by atoms with van der Waals surface area (Å²) in [6.07, 6.45) is 1.78. The summed E-state index contributed by atoms with van der Waals surface area (Å²) in [6.45, 7) is 2.68. The van der Waals surface area contributed by atoms with E-state index >= 15 is 0 Å². The van der Waals surface area contributed by atoms with Crippen LogP contribution < -0.4 is 11.1 Å². The number of rotatable bonds is 3. The van der Waals surface area contributed by atoms with Gasteiger partial charge in [-0.3, -0.25) is 0 Å². The lowest BCUT2D eigenvalue weighted by Gasteiger charge is -2.23. The number of hydrogen-bond acceptors (Lipinski definition) is 5. The van der Waals surface area contributed by atoms with Gasteiger partial charge in [-0.25, -0.2) is 4.98 Å². The van der Waals surface area contributed by atoms with Gasteiger partial charge in [0.15, 0.2) is 0 Å². The highest BCUT2D eigenvalue weighted by Gasteiger charge is 2.13. The van der Waals surface area contributed by atoms with Crippen molar-refractivity contribution < 1.29 is 9.47 Å². The molecule has 0 aromatic carbocycles. The Morgan fingerprint density at radius 2 is 2.47 bits per heavy atom. The van der Waals surface area contributed by atoms with Gasteiger partial charge in [0.25, 0.3) is 0 Å². The minimum atomic E-state index is 0.0991. The van der Waals surface area contributed by atoms with Crippen LogP contribution in [0.2, 0.25) is 0 Å². The summed E-state index contributed by atoms with van der Waals surface area (Å²) in [7, 11) is 0. The van der Waals surface area contributed by atoms with Gasteiger partial charge in [-0.15, -0.1) is 0 Å². The fraction of sp³-hybridized carbons (Fsp3) is 0.500. The molecule has 2 rings (SSSR count). The molecule has 0 amide bonds. The highest BCUT2D eigenvalue weighted by Crippen LogP contribution is 2.08. The molecule has 1 aromatic rings. The van der Waals surface area contributed by atoms with E-state index in [1.165, 1.54) is 0 Å². The monoisotopic (exact) mass is 209 g/mol. The van der Waals surface area contributed by atoms with Gasteiger partial charge < -0.3 is 20.5 Å². The fourth-order valence-corrected chi connectivity index (χ4v) is 1.42. The predicted molar refractivity (Wildman–Crippen MR) is 57.7 cm³/mol. The van der Waals surface area contributed by atoms with Crippen LogP contribution in [0.25, 0.3) is 0 Å². The Hall–Kier alpha value is -1.33. The van der Waals surface area contributed by atoms with Crippen molar-refractivity contribution in [3.8, 4) is 0 Å². The second-order valence-corrected chi connectivity index (χ2v) is 3.42. The first kappa shape index (κ1) is 10.2. The molecule has 5 heteroatoms. The second kappa shape index (κ2) is 4.95. The molecule has 1 aliphatic heterocycles. The number of ether oxygens (including phenoxy) is 2. The average molecular weight is 209 g/mol. The van der Waals surface area contributed by atoms with Crippen molar-refractivity contribution in [2.24, 2.45) is 0 Å². The van der Waals surface area contributed by atoms with Crippen LogP contribution in [0.1, 0.15) is 0 Å². The highest BCUT2D eigenvalue weighted by molar-refractivity contribution is 5.48. The molecule has 1 atom stereocenters. The van der Waals surface area contributed by atoms with Crippen LogP contribution in [-0.4, -0.2) is 37.5 Å². The Bertz CT molecular complexity index is 313. The van der Waals surface area contributed by atoms with Crippen LogP contribution in [0.5, 0.6) is 0 Å². The van der Waals surface area contributed by atoms with Gasteiger partial charge in [0, 0.05) is 24.5 Å². The van der Waals surface area contributed by atoms with E-state index in [4.69, 9.17) is 15.2 Å². The Balaban J connectivity index is 1.81. The molecule has 82 valence electrons. The summed E-state index contributed by atoms with van der Waals surface area (Å²) >= 11 is 0. The highest BCUT2D eigenvalue weighted by atomic mass is 16.6. The molecule has 15 heavy (non-hydrogen) atoms. The third-order valence-electron chi connectivity index (χ3n) is 2.18. The van der Waals surface area contributed by atoms with Crippen LogP contribution in [0.15, 0.2) is 18.3 Å². The van der Waals surface area contributed by atoms with Crippen molar-refractivity contribution in [2.75, 3.05) is 37.4 Å². The van der Waals surface area contributed by atoms with Crippen molar-refractivity contribution in [2.45, 2.75) is 6.10 Å². The first-order valence-electron chi connectivity index (χ1n) is 4.99. The number of aromatic nitrogens is 1. The summed E-state index contributed by atoms with van der Waals surface area (Å²) in [5, 5.41) is 3.16. The van der Waals surface area contributed by atoms with E-state index in [1.54, 1.807) is 18.3 Å². The Labute approximate surface area is 88.6 Å². The van der Waals surface area contributed by atoms with E-state index in [0.717, 1.165) is 5.82 Å². The number of nitrogen functional groups attached to an aromatic ring is 1. The predicted octanol–water partition coefficient (Wildman–Crippen LogP) is 0.491. The molecular formula is C10H15N3O2. The Morgan fingerprint density at radius 3 is 3.20 bits per heavy atom. The van der Waals surface area contributed by atoms with Crippen molar-refractivity contribution in [3.05, 3.63) is 18.3 Å². The van der Waals surface area contributed by atoms with Crippen LogP contribution in [-0.2, 0) is 9.47 Å². The summed E-state index contributed by atoms with van der Waals surface area (Å²) in [4.78, 5) is 4.14. The van der Waals surface area contributed by atoms with E-state index in [-0.39, 0.29) is 6.10 Å². The van der Waals surface area contributed by atoms with Crippen LogP contribution >= 0.6 is 0 Å². The second-order valence-electron chi connectivity index (χ2n) is 3.42. The topological polar surface area (TPSA) is 69.4 Å². The van der Waals surface area contributed by atoms with E-state index < -0.39 is 0 Å². The minimum absolute atomic E-state index is 0.0991. The standard InChI is InChI=1S/C10H15N3O2/c11-8-1-2-12-10(5-8)13-6-9-7-14-3-4-15-9/h1-2,5,9H,3-4,6-7H2,(H3,11,12,13). The van der Waals surface area contributed by atoms with Gasteiger partial charge in [-0.05, 0) is 6.07 Å². The maximum Gasteiger partial charge on any atom is 0.128 e. The molecule has 0 radical (unpaired) electrons. The molecule has 3 N–H and O–H groups in total. The lowest BCUT2D eigenvalue weighted by molar-refractivity contribution is -0.0819. The van der Waals surface area contributed by atoms with E-state index in [9.17, 15) is 0 Å². The molecule has 1 aliphatic rings. The maximum absolute atomic E-state index is 5.63. The van der Waals surface area contributed by atoms with E-state index in [1.807, 2.05) is 0 Å². The molecular weight excluding hydrogens is 194 g/mol. The normalized spacial score (nSPS) is 21.2. The number of pyridine rings is 1. The van der Waals surface area contributed by atoms with Gasteiger partial charge in [0.1, 0.15) is 5.82 Å². The number of hydrogen-bond donors (Lipinski definition) is 2. The SMILES string of the molecule is Nc1ccnc(NCC2COCCO2)c1. The molecule has 0 spiro atoms. The van der Waals surface area contributed by atoms with Crippen molar-refractivity contribution in [3.63, 3.8) is 0 Å². The van der Waals surface area contributed by atoms with Crippen molar-refractivity contribution in [1.29, 1.82) is 0 Å². The summed E-state index contributed by atoms with van der Waals surface area (Å²) < 4.78 is 10.8. The summed E-state index contributed by atoms with van der Waals surface area (Å²) in [5.74, 6) is 0.768. The molecule has 0 aliphatic carbocycles. The number of anilines is 2. The molecule has 1 fully saturated rings. The van der Waals surface area contributed by atoms with Crippen LogP contribution in [0.3, 0.4) is 0 Å². The van der Waals surface area contributed by atoms with Gasteiger partial charge in [-0.1, -0.05) is 0 Å². The van der Waals surface area contributed by atoms with Crippen LogP contribution in [0.4, 0.5) is 11.5 Å². The van der Waals surface area contributed by atoms with Gasteiger partial charge >= 0.3 is 0 Å². The molecule has 0 bridgehead atoms. The van der Waals surface area contributed by atoms with Crippen LogP contribution in [0, 0.1) is 0 Å². The van der Waals surface area contributed by atoms with E-state index in [0.29, 0.717) is 32.1 Å². The van der Waals surface area contributed by atoms with Crippen molar-refractivity contribution in [1.82, 2.24) is 4.98 Å². The molecule has 1 saturated heterocycles. The summed E-state index contributed by atoms with van der Waals surface area (Å²) in [6, 6.07) is 3.55. The van der Waals surface area contributed by atoms with Gasteiger partial charge in [0.2, 0.25) is 0 Å². The average Bonchev–Trinajstić information content (AvgIpc) is 2.28. The lowest BCUT2D eigenvalue weighted by atomic mass is 10.3. The number of nitrogens with one attached hydrogen (secondary N) is 1. The Kier molecular flexibility index (Phi) is 3.37. The van der Waals surface area contributed by atoms with Crippen molar-refractivity contribution >= 4 is 11.5 Å².